The van der Waals surface area contributed by atoms with E-state index in [2.05, 4.69) is 5.32 Å². The minimum Gasteiger partial charge on any atom is -0.446 e. The van der Waals surface area contributed by atoms with Crippen LogP contribution in [0.4, 0.5) is 5.69 Å². The van der Waals surface area contributed by atoms with Gasteiger partial charge in [-0.2, -0.15) is 0 Å². The van der Waals surface area contributed by atoms with Crippen LogP contribution < -0.4 is 10.8 Å². The van der Waals surface area contributed by atoms with Gasteiger partial charge in [-0.15, -0.1) is 0 Å². The van der Waals surface area contributed by atoms with Gasteiger partial charge < -0.3 is 10.3 Å². The standard InChI is InChI=1S/C15H13BClNO2/c17-12-4-1-11(2-5-12)15(19)18-13-6-3-10-7-8-16(20)14(10)9-13/h1-6,9,20H,7-8H2,(H,18,19). The third-order valence-corrected chi connectivity index (χ3v) is 3.81. The van der Waals surface area contributed by atoms with Gasteiger partial charge >= 0.3 is 6.92 Å². The summed E-state index contributed by atoms with van der Waals surface area (Å²) >= 11 is 5.80. The van der Waals surface area contributed by atoms with E-state index in [-0.39, 0.29) is 5.91 Å². The summed E-state index contributed by atoms with van der Waals surface area (Å²) in [7, 11) is 0. The Bertz CT molecular complexity index is 657. The molecule has 0 atom stereocenters. The normalized spacial score (nSPS) is 13.2. The van der Waals surface area contributed by atoms with Gasteiger partial charge in [-0.3, -0.25) is 4.79 Å². The molecule has 0 unspecified atom stereocenters. The number of benzene rings is 2. The molecular weight excluding hydrogens is 272 g/mol. The third-order valence-electron chi connectivity index (χ3n) is 3.56. The van der Waals surface area contributed by atoms with E-state index in [9.17, 15) is 9.82 Å². The highest BCUT2D eigenvalue weighted by Crippen LogP contribution is 2.18. The smallest absolute Gasteiger partial charge is 0.324 e. The van der Waals surface area contributed by atoms with Gasteiger partial charge in [0.05, 0.1) is 0 Å². The molecule has 0 radical (unpaired) electrons. The van der Waals surface area contributed by atoms with Gasteiger partial charge in [-0.05, 0) is 54.6 Å². The molecule has 100 valence electrons. The Morgan fingerprint density at radius 1 is 1.20 bits per heavy atom. The van der Waals surface area contributed by atoms with E-state index < -0.39 is 6.92 Å². The van der Waals surface area contributed by atoms with E-state index in [1.807, 2.05) is 18.2 Å². The van der Waals surface area contributed by atoms with E-state index in [4.69, 9.17) is 11.6 Å². The maximum absolute atomic E-state index is 12.1. The lowest BCUT2D eigenvalue weighted by Crippen LogP contribution is -2.26. The van der Waals surface area contributed by atoms with Crippen molar-refractivity contribution >= 4 is 35.6 Å². The van der Waals surface area contributed by atoms with Crippen LogP contribution in [0.3, 0.4) is 0 Å². The van der Waals surface area contributed by atoms with E-state index in [0.29, 0.717) is 16.3 Å². The molecule has 0 spiro atoms. The second-order valence-electron chi connectivity index (χ2n) is 4.93. The zero-order valence-electron chi connectivity index (χ0n) is 10.8. The first-order chi connectivity index (χ1) is 9.63. The molecule has 1 aliphatic rings. The summed E-state index contributed by atoms with van der Waals surface area (Å²) in [5, 5.41) is 13.3. The quantitative estimate of drug-likeness (QED) is 0.832. The van der Waals surface area contributed by atoms with Crippen LogP contribution in [0.25, 0.3) is 0 Å². The lowest BCUT2D eigenvalue weighted by atomic mass is 9.63. The second-order valence-corrected chi connectivity index (χ2v) is 5.37. The number of amides is 1. The number of halogens is 1. The molecular formula is C15H13BClNO2. The third kappa shape index (κ3) is 2.57. The molecule has 0 aliphatic carbocycles. The maximum atomic E-state index is 12.1. The highest BCUT2D eigenvalue weighted by Gasteiger charge is 2.24. The fraction of sp³-hybridized carbons (Fsp3) is 0.133. The van der Waals surface area contributed by atoms with Gasteiger partial charge in [0.25, 0.3) is 5.91 Å². The molecule has 3 rings (SSSR count). The Kier molecular flexibility index (Phi) is 3.51. The Morgan fingerprint density at radius 2 is 1.95 bits per heavy atom. The van der Waals surface area contributed by atoms with Gasteiger partial charge in [0, 0.05) is 16.3 Å². The highest BCUT2D eigenvalue weighted by molar-refractivity contribution is 6.68. The van der Waals surface area contributed by atoms with Crippen molar-refractivity contribution in [3.8, 4) is 0 Å². The number of fused-ring (bicyclic) bond motifs is 1. The molecule has 0 bridgehead atoms. The van der Waals surface area contributed by atoms with Crippen LogP contribution in [0.5, 0.6) is 0 Å². The van der Waals surface area contributed by atoms with Crippen molar-refractivity contribution in [2.45, 2.75) is 12.7 Å². The SMILES string of the molecule is O=C(Nc1ccc2c(c1)B(O)CC2)c1ccc(Cl)cc1. The number of hydrogen-bond donors (Lipinski definition) is 2. The fourth-order valence-corrected chi connectivity index (χ4v) is 2.59. The number of anilines is 1. The molecule has 2 aromatic carbocycles. The summed E-state index contributed by atoms with van der Waals surface area (Å²) in [4.78, 5) is 12.1. The fourth-order valence-electron chi connectivity index (χ4n) is 2.46. The van der Waals surface area contributed by atoms with E-state index in [1.165, 1.54) is 0 Å². The minimum absolute atomic E-state index is 0.186. The first kappa shape index (κ1) is 13.2. The van der Waals surface area contributed by atoms with Crippen LogP contribution in [-0.2, 0) is 6.42 Å². The van der Waals surface area contributed by atoms with Gasteiger partial charge in [0.2, 0.25) is 0 Å². The first-order valence-electron chi connectivity index (χ1n) is 6.51. The molecule has 0 saturated carbocycles. The van der Waals surface area contributed by atoms with Crippen molar-refractivity contribution in [2.75, 3.05) is 5.32 Å². The van der Waals surface area contributed by atoms with Crippen molar-refractivity contribution in [1.29, 1.82) is 0 Å². The van der Waals surface area contributed by atoms with E-state index in [0.717, 1.165) is 23.8 Å². The summed E-state index contributed by atoms with van der Waals surface area (Å²) in [6.45, 7) is -0.419. The number of nitrogens with one attached hydrogen (secondary N) is 1. The molecule has 0 saturated heterocycles. The Morgan fingerprint density at radius 3 is 2.70 bits per heavy atom. The number of carbonyl (C=O) groups excluding carboxylic acids is 1. The summed E-state index contributed by atoms with van der Waals surface area (Å²) < 4.78 is 0. The second kappa shape index (κ2) is 5.31. The topological polar surface area (TPSA) is 49.3 Å². The van der Waals surface area contributed by atoms with Crippen LogP contribution in [-0.4, -0.2) is 17.8 Å². The van der Waals surface area contributed by atoms with Crippen LogP contribution in [0, 0.1) is 0 Å². The van der Waals surface area contributed by atoms with Crippen LogP contribution in [0.2, 0.25) is 11.3 Å². The predicted molar refractivity (Wildman–Crippen MR) is 82.0 cm³/mol. The summed E-state index contributed by atoms with van der Waals surface area (Å²) in [5.41, 5.74) is 3.32. The number of rotatable bonds is 2. The molecule has 5 heteroatoms. The number of hydrogen-bond acceptors (Lipinski definition) is 2. The van der Waals surface area contributed by atoms with Crippen LogP contribution >= 0.6 is 11.6 Å². The Labute approximate surface area is 122 Å². The van der Waals surface area contributed by atoms with Crippen LogP contribution in [0.15, 0.2) is 42.5 Å². The zero-order valence-corrected chi connectivity index (χ0v) is 11.5. The van der Waals surface area contributed by atoms with Gasteiger partial charge in [-0.1, -0.05) is 23.2 Å². The molecule has 1 amide bonds. The summed E-state index contributed by atoms with van der Waals surface area (Å²) in [5.74, 6) is -0.186. The average Bonchev–Trinajstić information content (AvgIpc) is 2.81. The van der Waals surface area contributed by atoms with Crippen molar-refractivity contribution in [2.24, 2.45) is 0 Å². The molecule has 2 aromatic rings. The largest absolute Gasteiger partial charge is 0.446 e. The summed E-state index contributed by atoms with van der Waals surface area (Å²) in [6, 6.07) is 12.4. The van der Waals surface area contributed by atoms with Crippen molar-refractivity contribution in [3.05, 3.63) is 58.6 Å². The van der Waals surface area contributed by atoms with Gasteiger partial charge in [0.1, 0.15) is 0 Å². The molecule has 1 heterocycles. The molecule has 0 fully saturated rings. The highest BCUT2D eigenvalue weighted by atomic mass is 35.5. The molecule has 20 heavy (non-hydrogen) atoms. The van der Waals surface area contributed by atoms with E-state index >= 15 is 0 Å². The van der Waals surface area contributed by atoms with Crippen molar-refractivity contribution in [3.63, 3.8) is 0 Å². The minimum atomic E-state index is -0.419. The Hall–Kier alpha value is -1.78. The monoisotopic (exact) mass is 285 g/mol. The average molecular weight is 286 g/mol. The molecule has 2 N–H and O–H groups in total. The van der Waals surface area contributed by atoms with Crippen molar-refractivity contribution in [1.82, 2.24) is 0 Å². The maximum Gasteiger partial charge on any atom is 0.324 e. The Balaban J connectivity index is 1.79. The predicted octanol–water partition coefficient (Wildman–Crippen LogP) is 2.34. The zero-order chi connectivity index (χ0) is 14.1. The van der Waals surface area contributed by atoms with Gasteiger partial charge in [-0.25, -0.2) is 0 Å². The first-order valence-corrected chi connectivity index (χ1v) is 6.89. The van der Waals surface area contributed by atoms with E-state index in [1.54, 1.807) is 24.3 Å². The lowest BCUT2D eigenvalue weighted by Gasteiger charge is -2.08. The van der Waals surface area contributed by atoms with Crippen molar-refractivity contribution < 1.29 is 9.82 Å². The molecule has 3 nitrogen and oxygen atoms in total. The molecule has 0 aromatic heterocycles. The lowest BCUT2D eigenvalue weighted by molar-refractivity contribution is 0.102. The number of carbonyl (C=O) groups is 1. The van der Waals surface area contributed by atoms with Gasteiger partial charge in [0.15, 0.2) is 0 Å². The van der Waals surface area contributed by atoms with Crippen LogP contribution in [0.1, 0.15) is 15.9 Å². The molecule has 1 aliphatic heterocycles. The number of aryl methyl sites for hydroxylation is 1. The summed E-state index contributed by atoms with van der Waals surface area (Å²) in [6.07, 6.45) is 1.64.